The molecular formula is C4H8Cl3O3PS. The molecule has 0 bridgehead atoms. The molecular weight excluding hydrogens is 265 g/mol. The predicted octanol–water partition coefficient (Wildman–Crippen LogP) is 2.28. The van der Waals surface area contributed by atoms with Crippen molar-refractivity contribution in [1.82, 2.24) is 0 Å². The minimum Gasteiger partial charge on any atom is -0.379 e. The Morgan fingerprint density at radius 2 is 1.67 bits per heavy atom. The van der Waals surface area contributed by atoms with Crippen LogP contribution >= 0.6 is 41.3 Å². The van der Waals surface area contributed by atoms with E-state index in [-0.39, 0.29) is 0 Å². The molecule has 0 fully saturated rings. The zero-order valence-corrected chi connectivity index (χ0v) is 10.3. The maximum atomic E-state index is 9.40. The highest BCUT2D eigenvalue weighted by molar-refractivity contribution is 8.10. The fourth-order valence-electron chi connectivity index (χ4n) is 0.454. The summed E-state index contributed by atoms with van der Waals surface area (Å²) >= 11 is 21.1. The quantitative estimate of drug-likeness (QED) is 0.632. The normalized spacial score (nSPS) is 16.2. The van der Waals surface area contributed by atoms with E-state index in [0.29, 0.717) is 0 Å². The molecule has 0 aromatic rings. The lowest BCUT2D eigenvalue weighted by Gasteiger charge is -2.28. The third-order valence-corrected chi connectivity index (χ3v) is 5.68. The summed E-state index contributed by atoms with van der Waals surface area (Å²) in [5, 5.41) is 9.40. The fourth-order valence-corrected chi connectivity index (χ4v) is 3.51. The third-order valence-electron chi connectivity index (χ3n) is 1.10. The van der Waals surface area contributed by atoms with Crippen LogP contribution in [0.5, 0.6) is 0 Å². The summed E-state index contributed by atoms with van der Waals surface area (Å²) in [7, 11) is 2.59. The van der Waals surface area contributed by atoms with Crippen molar-refractivity contribution in [2.75, 3.05) is 14.2 Å². The van der Waals surface area contributed by atoms with Gasteiger partial charge in [-0.15, -0.1) is 0 Å². The van der Waals surface area contributed by atoms with E-state index in [1.807, 2.05) is 0 Å². The first kappa shape index (κ1) is 13.4. The molecule has 74 valence electrons. The monoisotopic (exact) mass is 272 g/mol. The Balaban J connectivity index is 4.66. The van der Waals surface area contributed by atoms with Gasteiger partial charge in [0, 0.05) is 14.2 Å². The molecule has 0 aromatic carbocycles. The van der Waals surface area contributed by atoms with Gasteiger partial charge in [-0.05, 0) is 11.8 Å². The highest BCUT2D eigenvalue weighted by Crippen LogP contribution is 2.57. The van der Waals surface area contributed by atoms with E-state index in [1.54, 1.807) is 0 Å². The van der Waals surface area contributed by atoms with Gasteiger partial charge in [0.15, 0.2) is 5.85 Å². The van der Waals surface area contributed by atoms with Crippen molar-refractivity contribution in [2.45, 2.75) is 9.64 Å². The number of alkyl halides is 3. The minimum absolute atomic E-state index is 1.30. The van der Waals surface area contributed by atoms with Gasteiger partial charge >= 0.3 is 0 Å². The fraction of sp³-hybridized carbons (Fsp3) is 1.00. The number of hydrogen-bond donors (Lipinski definition) is 1. The van der Waals surface area contributed by atoms with E-state index >= 15 is 0 Å². The average Bonchev–Trinajstić information content (AvgIpc) is 2.00. The number of rotatable bonds is 3. The molecule has 0 aliphatic heterocycles. The first-order valence-electron chi connectivity index (χ1n) is 2.74. The Labute approximate surface area is 91.1 Å². The van der Waals surface area contributed by atoms with Crippen molar-refractivity contribution in [3.05, 3.63) is 0 Å². The highest BCUT2D eigenvalue weighted by atomic mass is 35.6. The summed E-state index contributed by atoms with van der Waals surface area (Å²) in [4.78, 5) is 0. The SMILES string of the molecule is COP(=S)(OC)[C@@H](O)C(Cl)(Cl)Cl. The zero-order chi connectivity index (χ0) is 9.99. The van der Waals surface area contributed by atoms with Crippen LogP contribution in [-0.4, -0.2) is 29.0 Å². The van der Waals surface area contributed by atoms with Crippen LogP contribution in [0.15, 0.2) is 0 Å². The minimum atomic E-state index is -2.90. The van der Waals surface area contributed by atoms with Gasteiger partial charge in [0.1, 0.15) is 0 Å². The Morgan fingerprint density at radius 1 is 1.33 bits per heavy atom. The Kier molecular flexibility index (Phi) is 5.32. The molecule has 0 aromatic heterocycles. The number of hydrogen-bond acceptors (Lipinski definition) is 4. The molecule has 0 spiro atoms. The van der Waals surface area contributed by atoms with E-state index in [2.05, 4.69) is 0 Å². The standard InChI is InChI=1S/C4H8Cl3O3PS/c1-9-11(12,10-2)3(8)4(5,6)7/h3,8H,1-2H3/t3-/m1/s1. The van der Waals surface area contributed by atoms with Crippen LogP contribution in [0.4, 0.5) is 0 Å². The average molecular weight is 274 g/mol. The van der Waals surface area contributed by atoms with Gasteiger partial charge in [-0.2, -0.15) is 0 Å². The van der Waals surface area contributed by atoms with E-state index in [1.165, 1.54) is 14.2 Å². The Hall–Kier alpha value is 1.40. The van der Waals surface area contributed by atoms with Crippen LogP contribution in [-0.2, 0) is 20.9 Å². The van der Waals surface area contributed by atoms with E-state index in [4.69, 9.17) is 55.7 Å². The molecule has 0 amide bonds. The molecule has 1 N–H and O–H groups in total. The van der Waals surface area contributed by atoms with Crippen molar-refractivity contribution in [2.24, 2.45) is 0 Å². The first-order chi connectivity index (χ1) is 5.28. The topological polar surface area (TPSA) is 38.7 Å². The summed E-state index contributed by atoms with van der Waals surface area (Å²) in [5.74, 6) is -1.43. The molecule has 0 rings (SSSR count). The highest BCUT2D eigenvalue weighted by Gasteiger charge is 2.42. The van der Waals surface area contributed by atoms with Crippen LogP contribution in [0.1, 0.15) is 0 Å². The van der Waals surface area contributed by atoms with Gasteiger partial charge < -0.3 is 14.2 Å². The maximum Gasteiger partial charge on any atom is 0.225 e. The smallest absolute Gasteiger partial charge is 0.225 e. The zero-order valence-electron chi connectivity index (χ0n) is 6.33. The van der Waals surface area contributed by atoms with Crippen LogP contribution in [0.3, 0.4) is 0 Å². The van der Waals surface area contributed by atoms with Crippen LogP contribution in [0.25, 0.3) is 0 Å². The van der Waals surface area contributed by atoms with Crippen molar-refractivity contribution in [1.29, 1.82) is 0 Å². The van der Waals surface area contributed by atoms with Crippen molar-refractivity contribution in [3.63, 3.8) is 0 Å². The molecule has 3 nitrogen and oxygen atoms in total. The van der Waals surface area contributed by atoms with Gasteiger partial charge in [-0.1, -0.05) is 34.8 Å². The van der Waals surface area contributed by atoms with E-state index < -0.39 is 16.1 Å². The molecule has 0 unspecified atom stereocenters. The summed E-state index contributed by atoms with van der Waals surface area (Å²) in [5.41, 5.74) is 0. The molecule has 0 saturated heterocycles. The maximum absolute atomic E-state index is 9.40. The van der Waals surface area contributed by atoms with Crippen LogP contribution in [0, 0.1) is 0 Å². The summed E-state index contributed by atoms with van der Waals surface area (Å²) in [6, 6.07) is 0. The summed E-state index contributed by atoms with van der Waals surface area (Å²) in [6.45, 7) is -2.90. The van der Waals surface area contributed by atoms with Crippen molar-refractivity contribution < 1.29 is 14.2 Å². The van der Waals surface area contributed by atoms with E-state index in [0.717, 1.165) is 0 Å². The summed E-state index contributed by atoms with van der Waals surface area (Å²) in [6.07, 6.45) is 0. The molecule has 0 saturated carbocycles. The second kappa shape index (κ2) is 4.76. The second-order valence-corrected chi connectivity index (χ2v) is 8.02. The summed E-state index contributed by atoms with van der Waals surface area (Å²) < 4.78 is 7.66. The van der Waals surface area contributed by atoms with Gasteiger partial charge in [0.05, 0.1) is 0 Å². The largest absolute Gasteiger partial charge is 0.379 e. The van der Waals surface area contributed by atoms with Crippen molar-refractivity contribution >= 4 is 53.1 Å². The van der Waals surface area contributed by atoms with Crippen LogP contribution < -0.4 is 0 Å². The predicted molar refractivity (Wildman–Crippen MR) is 54.6 cm³/mol. The van der Waals surface area contributed by atoms with Gasteiger partial charge in [0.2, 0.25) is 10.3 Å². The molecule has 0 heterocycles. The first-order valence-corrected chi connectivity index (χ1v) is 6.58. The van der Waals surface area contributed by atoms with Gasteiger partial charge in [-0.25, -0.2) is 0 Å². The molecule has 1 atom stereocenters. The van der Waals surface area contributed by atoms with Gasteiger partial charge in [-0.3, -0.25) is 0 Å². The lowest BCUT2D eigenvalue weighted by molar-refractivity contribution is 0.208. The lowest BCUT2D eigenvalue weighted by Crippen LogP contribution is -2.26. The molecule has 0 aliphatic carbocycles. The lowest BCUT2D eigenvalue weighted by atomic mass is 10.8. The number of halogens is 3. The second-order valence-electron chi connectivity index (χ2n) is 1.82. The van der Waals surface area contributed by atoms with Crippen molar-refractivity contribution in [3.8, 4) is 0 Å². The molecule has 0 radical (unpaired) electrons. The number of aliphatic hydroxyl groups excluding tert-OH is 1. The van der Waals surface area contributed by atoms with Gasteiger partial charge in [0.25, 0.3) is 0 Å². The molecule has 12 heavy (non-hydrogen) atoms. The Morgan fingerprint density at radius 3 is 1.75 bits per heavy atom. The molecule has 8 heteroatoms. The molecule has 0 aliphatic rings. The van der Waals surface area contributed by atoms with E-state index in [9.17, 15) is 5.11 Å². The number of aliphatic hydroxyl groups is 1. The third kappa shape index (κ3) is 3.28. The van der Waals surface area contributed by atoms with Crippen LogP contribution in [0.2, 0.25) is 0 Å². The Bertz CT molecular complexity index is 186.